The summed E-state index contributed by atoms with van der Waals surface area (Å²) in [4.78, 5) is 12.0. The molecule has 0 spiro atoms. The molecule has 13 heteroatoms. The molecule has 2 aromatic rings. The normalized spacial score (nSPS) is 12.7. The number of hydrogen-bond donors (Lipinski definition) is 2. The first kappa shape index (κ1) is 26.5. The van der Waals surface area contributed by atoms with Crippen molar-refractivity contribution < 1.29 is 44.3 Å². The van der Waals surface area contributed by atoms with Crippen molar-refractivity contribution in [2.75, 3.05) is 11.9 Å². The minimum atomic E-state index is -5.05. The number of aryl methyl sites for hydroxylation is 1. The molecule has 0 bridgehead atoms. The number of sulfonamides is 1. The fourth-order valence-electron chi connectivity index (χ4n) is 2.70. The highest BCUT2D eigenvalue weighted by atomic mass is 32.2. The molecular formula is C20H20F6N2O4S. The Kier molecular flexibility index (Phi) is 7.69. The third kappa shape index (κ3) is 7.35. The van der Waals surface area contributed by atoms with Gasteiger partial charge in [-0.2, -0.15) is 26.3 Å². The zero-order valence-electron chi connectivity index (χ0n) is 17.6. The molecule has 1 amide bonds. The van der Waals surface area contributed by atoms with Gasteiger partial charge in [0.15, 0.2) is 6.61 Å². The van der Waals surface area contributed by atoms with Crippen molar-refractivity contribution in [2.45, 2.75) is 44.1 Å². The Morgan fingerprint density at radius 1 is 0.970 bits per heavy atom. The van der Waals surface area contributed by atoms with Crippen LogP contribution >= 0.6 is 0 Å². The molecule has 0 aromatic heterocycles. The Bertz CT molecular complexity index is 1100. The highest BCUT2D eigenvalue weighted by molar-refractivity contribution is 7.89. The van der Waals surface area contributed by atoms with Gasteiger partial charge < -0.3 is 10.1 Å². The molecule has 2 aromatic carbocycles. The van der Waals surface area contributed by atoms with Gasteiger partial charge in [0.05, 0.1) is 16.0 Å². The Hall–Kier alpha value is -2.80. The Morgan fingerprint density at radius 2 is 1.52 bits per heavy atom. The molecule has 0 radical (unpaired) electrons. The Morgan fingerprint density at radius 3 is 1.97 bits per heavy atom. The number of anilines is 1. The van der Waals surface area contributed by atoms with Gasteiger partial charge in [0.1, 0.15) is 5.75 Å². The van der Waals surface area contributed by atoms with Crippen molar-refractivity contribution in [1.29, 1.82) is 0 Å². The number of alkyl halides is 6. The van der Waals surface area contributed by atoms with Crippen molar-refractivity contribution in [3.05, 3.63) is 53.1 Å². The van der Waals surface area contributed by atoms with E-state index in [1.807, 2.05) is 5.32 Å². The van der Waals surface area contributed by atoms with Crippen molar-refractivity contribution in [3.63, 3.8) is 0 Å². The average Bonchev–Trinajstić information content (AvgIpc) is 2.64. The largest absolute Gasteiger partial charge is 0.483 e. The van der Waals surface area contributed by atoms with Crippen LogP contribution in [0.4, 0.5) is 32.0 Å². The summed E-state index contributed by atoms with van der Waals surface area (Å²) in [5, 5.41) is 1.94. The van der Waals surface area contributed by atoms with Crippen molar-refractivity contribution in [2.24, 2.45) is 0 Å². The minimum absolute atomic E-state index is 0.0471. The van der Waals surface area contributed by atoms with Crippen LogP contribution in [0, 0.1) is 6.92 Å². The molecule has 0 aliphatic carbocycles. The lowest BCUT2D eigenvalue weighted by atomic mass is 10.1. The average molecular weight is 498 g/mol. The van der Waals surface area contributed by atoms with Gasteiger partial charge in [0.25, 0.3) is 5.91 Å². The SMILES string of the molecule is Cc1cc(S(=O)(=O)NC(C)C)ccc1OCC(=O)Nc1cc(C(F)(F)F)cc(C(F)(F)F)c1. The summed E-state index contributed by atoms with van der Waals surface area (Å²) < 4.78 is 110. The number of halogens is 6. The number of benzene rings is 2. The topological polar surface area (TPSA) is 84.5 Å². The second-order valence-electron chi connectivity index (χ2n) is 7.33. The molecule has 182 valence electrons. The maximum absolute atomic E-state index is 12.9. The predicted molar refractivity (Wildman–Crippen MR) is 107 cm³/mol. The maximum atomic E-state index is 12.9. The number of hydrogen-bond acceptors (Lipinski definition) is 4. The maximum Gasteiger partial charge on any atom is 0.416 e. The Labute approximate surface area is 186 Å². The molecular weight excluding hydrogens is 478 g/mol. The van der Waals surface area contributed by atoms with E-state index >= 15 is 0 Å². The quantitative estimate of drug-likeness (QED) is 0.541. The molecule has 0 unspecified atom stereocenters. The van der Waals surface area contributed by atoms with Gasteiger partial charge in [-0.3, -0.25) is 4.79 Å². The van der Waals surface area contributed by atoms with Crippen LogP contribution in [-0.4, -0.2) is 27.0 Å². The van der Waals surface area contributed by atoms with Crippen LogP contribution < -0.4 is 14.8 Å². The van der Waals surface area contributed by atoms with E-state index in [-0.39, 0.29) is 22.8 Å². The number of amides is 1. The molecule has 0 aliphatic rings. The standard InChI is InChI=1S/C20H20F6N2O4S/c1-11(2)28-33(30,31)16-4-5-17(12(3)6-16)32-10-18(29)27-15-8-13(19(21,22)23)7-14(9-15)20(24,25)26/h4-9,11,28H,10H2,1-3H3,(H,27,29). The zero-order chi connectivity index (χ0) is 25.2. The van der Waals surface area contributed by atoms with E-state index in [0.717, 1.165) is 0 Å². The van der Waals surface area contributed by atoms with Crippen LogP contribution in [0.5, 0.6) is 5.75 Å². The minimum Gasteiger partial charge on any atom is -0.483 e. The number of ether oxygens (including phenoxy) is 1. The van der Waals surface area contributed by atoms with E-state index in [1.54, 1.807) is 13.8 Å². The summed E-state index contributed by atoms with van der Waals surface area (Å²) in [6, 6.07) is 4.15. The molecule has 0 heterocycles. The van der Waals surface area contributed by atoms with Crippen LogP contribution in [0.1, 0.15) is 30.5 Å². The molecule has 0 saturated carbocycles. The van der Waals surface area contributed by atoms with E-state index in [4.69, 9.17) is 4.74 Å². The molecule has 0 fully saturated rings. The lowest BCUT2D eigenvalue weighted by molar-refractivity contribution is -0.143. The lowest BCUT2D eigenvalue weighted by Crippen LogP contribution is -2.30. The monoisotopic (exact) mass is 498 g/mol. The number of nitrogens with one attached hydrogen (secondary N) is 2. The first-order valence-electron chi connectivity index (χ1n) is 9.34. The number of rotatable bonds is 7. The summed E-state index contributed by atoms with van der Waals surface area (Å²) in [7, 11) is -3.77. The first-order valence-corrected chi connectivity index (χ1v) is 10.8. The molecule has 6 nitrogen and oxygen atoms in total. The molecule has 2 N–H and O–H groups in total. The van der Waals surface area contributed by atoms with Gasteiger partial charge in [-0.15, -0.1) is 0 Å². The molecule has 33 heavy (non-hydrogen) atoms. The third-order valence-electron chi connectivity index (χ3n) is 4.08. The molecule has 0 aliphatic heterocycles. The van der Waals surface area contributed by atoms with Gasteiger partial charge in [-0.25, -0.2) is 13.1 Å². The summed E-state index contributed by atoms with van der Waals surface area (Å²) in [5.74, 6) is -0.909. The van der Waals surface area contributed by atoms with E-state index in [1.165, 1.54) is 25.1 Å². The fourth-order valence-corrected chi connectivity index (χ4v) is 4.03. The molecule has 2 rings (SSSR count). The van der Waals surface area contributed by atoms with Crippen LogP contribution in [0.2, 0.25) is 0 Å². The fraction of sp³-hybridized carbons (Fsp3) is 0.350. The van der Waals surface area contributed by atoms with E-state index in [0.29, 0.717) is 17.7 Å². The summed E-state index contributed by atoms with van der Waals surface area (Å²) in [5.41, 5.74) is -3.51. The van der Waals surface area contributed by atoms with E-state index in [9.17, 15) is 39.6 Å². The van der Waals surface area contributed by atoms with Gasteiger partial charge in [-0.1, -0.05) is 0 Å². The van der Waals surface area contributed by atoms with Gasteiger partial charge in [0.2, 0.25) is 10.0 Å². The molecule has 0 atom stereocenters. The second-order valence-corrected chi connectivity index (χ2v) is 9.05. The van der Waals surface area contributed by atoms with Crippen molar-refractivity contribution >= 4 is 21.6 Å². The van der Waals surface area contributed by atoms with E-state index in [2.05, 4.69) is 4.72 Å². The third-order valence-corrected chi connectivity index (χ3v) is 5.73. The Balaban J connectivity index is 2.15. The number of carbonyl (C=O) groups is 1. The lowest BCUT2D eigenvalue weighted by Gasteiger charge is -2.15. The zero-order valence-corrected chi connectivity index (χ0v) is 18.4. The highest BCUT2D eigenvalue weighted by Crippen LogP contribution is 2.37. The smallest absolute Gasteiger partial charge is 0.416 e. The first-order chi connectivity index (χ1) is 15.0. The van der Waals surface area contributed by atoms with Crippen molar-refractivity contribution in [1.82, 2.24) is 4.72 Å². The van der Waals surface area contributed by atoms with Crippen LogP contribution in [0.15, 0.2) is 41.3 Å². The molecule has 0 saturated heterocycles. The van der Waals surface area contributed by atoms with Crippen LogP contribution in [0.3, 0.4) is 0 Å². The van der Waals surface area contributed by atoms with Crippen molar-refractivity contribution in [3.8, 4) is 5.75 Å². The van der Waals surface area contributed by atoms with Gasteiger partial charge in [0, 0.05) is 11.7 Å². The van der Waals surface area contributed by atoms with Crippen LogP contribution in [0.25, 0.3) is 0 Å². The highest BCUT2D eigenvalue weighted by Gasteiger charge is 2.37. The summed E-state index contributed by atoms with van der Waals surface area (Å²) in [6.07, 6.45) is -10.1. The predicted octanol–water partition coefficient (Wildman–Crippen LogP) is 4.74. The van der Waals surface area contributed by atoms with Gasteiger partial charge >= 0.3 is 12.4 Å². The number of carbonyl (C=O) groups excluding carboxylic acids is 1. The van der Waals surface area contributed by atoms with Crippen LogP contribution in [-0.2, 0) is 27.2 Å². The van der Waals surface area contributed by atoms with Gasteiger partial charge in [-0.05, 0) is 62.7 Å². The summed E-state index contributed by atoms with van der Waals surface area (Å²) >= 11 is 0. The second kappa shape index (κ2) is 9.59. The summed E-state index contributed by atoms with van der Waals surface area (Å²) in [6.45, 7) is 4.05. The van der Waals surface area contributed by atoms with E-state index < -0.39 is 51.7 Å².